The number of carbonyl (C=O) groups excluding carboxylic acids is 1. The second-order valence-electron chi connectivity index (χ2n) is 4.53. The Bertz CT molecular complexity index is 200. The van der Waals surface area contributed by atoms with Gasteiger partial charge in [-0.25, -0.2) is 4.79 Å². The van der Waals surface area contributed by atoms with Crippen molar-refractivity contribution in [3.63, 3.8) is 0 Å². The molecule has 0 aromatic carbocycles. The van der Waals surface area contributed by atoms with Crippen LogP contribution in [0.5, 0.6) is 0 Å². The minimum absolute atomic E-state index is 0.114. The summed E-state index contributed by atoms with van der Waals surface area (Å²) < 4.78 is 9.43. The van der Waals surface area contributed by atoms with Gasteiger partial charge in [0.05, 0.1) is 11.2 Å². The van der Waals surface area contributed by atoms with Gasteiger partial charge in [0.1, 0.15) is 13.2 Å². The van der Waals surface area contributed by atoms with Crippen LogP contribution in [0, 0.1) is 0 Å². The van der Waals surface area contributed by atoms with Crippen LogP contribution in [0.1, 0.15) is 40.5 Å². The molecule has 0 bridgehead atoms. The van der Waals surface area contributed by atoms with E-state index in [-0.39, 0.29) is 13.2 Å². The lowest BCUT2D eigenvalue weighted by molar-refractivity contribution is -0.0578. The van der Waals surface area contributed by atoms with E-state index in [1.165, 1.54) is 0 Å². The third-order valence-corrected chi connectivity index (χ3v) is 2.53. The van der Waals surface area contributed by atoms with Gasteiger partial charge in [-0.2, -0.15) is 0 Å². The number of aliphatic hydroxyl groups is 2. The molecule has 0 aromatic heterocycles. The SMILES string of the molecule is CCC(C)(O)COC(=O)OCC(C)(O)CC. The van der Waals surface area contributed by atoms with Crippen LogP contribution in [-0.4, -0.2) is 40.8 Å². The normalized spacial score (nSPS) is 18.4. The van der Waals surface area contributed by atoms with Crippen LogP contribution in [0.15, 0.2) is 0 Å². The summed E-state index contributed by atoms with van der Waals surface area (Å²) in [5.41, 5.74) is -2.07. The minimum atomic E-state index is -1.04. The van der Waals surface area contributed by atoms with Gasteiger partial charge in [-0.15, -0.1) is 0 Å². The van der Waals surface area contributed by atoms with Crippen molar-refractivity contribution in [3.05, 3.63) is 0 Å². The van der Waals surface area contributed by atoms with E-state index < -0.39 is 17.4 Å². The lowest BCUT2D eigenvalue weighted by Gasteiger charge is -2.22. The number of rotatable bonds is 6. The first kappa shape index (κ1) is 15.2. The molecular formula is C11H22O5. The van der Waals surface area contributed by atoms with Crippen molar-refractivity contribution >= 4 is 6.16 Å². The third kappa shape index (κ3) is 6.63. The molecule has 96 valence electrons. The van der Waals surface area contributed by atoms with Crippen molar-refractivity contribution in [2.45, 2.75) is 51.7 Å². The van der Waals surface area contributed by atoms with Gasteiger partial charge in [-0.05, 0) is 26.7 Å². The summed E-state index contributed by atoms with van der Waals surface area (Å²) in [6.07, 6.45) is 0.0855. The number of carbonyl (C=O) groups is 1. The highest BCUT2D eigenvalue weighted by Crippen LogP contribution is 2.11. The van der Waals surface area contributed by atoms with E-state index in [1.54, 1.807) is 27.7 Å². The van der Waals surface area contributed by atoms with E-state index in [9.17, 15) is 15.0 Å². The van der Waals surface area contributed by atoms with Crippen LogP contribution < -0.4 is 0 Å². The van der Waals surface area contributed by atoms with Crippen LogP contribution >= 0.6 is 0 Å². The fourth-order valence-electron chi connectivity index (χ4n) is 0.675. The van der Waals surface area contributed by atoms with Gasteiger partial charge in [0, 0.05) is 0 Å². The summed E-state index contributed by atoms with van der Waals surface area (Å²) in [4.78, 5) is 11.1. The third-order valence-electron chi connectivity index (χ3n) is 2.53. The molecule has 0 aromatic rings. The van der Waals surface area contributed by atoms with Crippen molar-refractivity contribution in [2.75, 3.05) is 13.2 Å². The summed E-state index contributed by atoms with van der Waals surface area (Å²) in [5.74, 6) is 0. The highest BCUT2D eigenvalue weighted by atomic mass is 16.7. The number of ether oxygens (including phenoxy) is 2. The summed E-state index contributed by atoms with van der Waals surface area (Å²) >= 11 is 0. The van der Waals surface area contributed by atoms with E-state index in [0.29, 0.717) is 12.8 Å². The van der Waals surface area contributed by atoms with Crippen molar-refractivity contribution in [1.82, 2.24) is 0 Å². The highest BCUT2D eigenvalue weighted by Gasteiger charge is 2.23. The van der Waals surface area contributed by atoms with Crippen molar-refractivity contribution in [2.24, 2.45) is 0 Å². The molecule has 5 nitrogen and oxygen atoms in total. The summed E-state index contributed by atoms with van der Waals surface area (Å²) in [7, 11) is 0. The van der Waals surface area contributed by atoms with Crippen LogP contribution in [0.2, 0.25) is 0 Å². The van der Waals surface area contributed by atoms with Gasteiger partial charge in [-0.1, -0.05) is 13.8 Å². The Morgan fingerprint density at radius 1 is 1.00 bits per heavy atom. The zero-order chi connectivity index (χ0) is 12.8. The zero-order valence-corrected chi connectivity index (χ0v) is 10.4. The van der Waals surface area contributed by atoms with Crippen LogP contribution in [0.25, 0.3) is 0 Å². The Balaban J connectivity index is 3.85. The molecule has 0 saturated heterocycles. The van der Waals surface area contributed by atoms with Gasteiger partial charge >= 0.3 is 6.16 Å². The van der Waals surface area contributed by atoms with Crippen LogP contribution in [0.4, 0.5) is 4.79 Å². The molecule has 0 aliphatic carbocycles. The largest absolute Gasteiger partial charge is 0.508 e. The molecule has 0 amide bonds. The van der Waals surface area contributed by atoms with Gasteiger partial charge < -0.3 is 19.7 Å². The predicted molar refractivity (Wildman–Crippen MR) is 59.1 cm³/mol. The Labute approximate surface area is 96.4 Å². The molecule has 0 spiro atoms. The molecule has 2 unspecified atom stereocenters. The quantitative estimate of drug-likeness (QED) is 0.680. The van der Waals surface area contributed by atoms with Gasteiger partial charge in [0.25, 0.3) is 0 Å². The molecule has 0 heterocycles. The van der Waals surface area contributed by atoms with E-state index in [1.807, 2.05) is 0 Å². The fraction of sp³-hybridized carbons (Fsp3) is 0.909. The molecule has 0 fully saturated rings. The minimum Gasteiger partial charge on any atom is -0.431 e. The van der Waals surface area contributed by atoms with Crippen LogP contribution in [0.3, 0.4) is 0 Å². The maximum atomic E-state index is 11.1. The average Bonchev–Trinajstić information content (AvgIpc) is 2.24. The first-order valence-electron chi connectivity index (χ1n) is 5.47. The van der Waals surface area contributed by atoms with Gasteiger partial charge in [0.15, 0.2) is 0 Å². The Hall–Kier alpha value is -0.810. The molecule has 2 N–H and O–H groups in total. The van der Waals surface area contributed by atoms with Crippen molar-refractivity contribution in [1.29, 1.82) is 0 Å². The van der Waals surface area contributed by atoms with E-state index >= 15 is 0 Å². The Kier molecular flexibility index (Phi) is 5.75. The monoisotopic (exact) mass is 234 g/mol. The zero-order valence-electron chi connectivity index (χ0n) is 10.4. The average molecular weight is 234 g/mol. The van der Waals surface area contributed by atoms with Crippen molar-refractivity contribution in [3.8, 4) is 0 Å². The van der Waals surface area contributed by atoms with E-state index in [0.717, 1.165) is 0 Å². The summed E-state index contributed by atoms with van der Waals surface area (Å²) in [5, 5.41) is 19.1. The van der Waals surface area contributed by atoms with E-state index in [2.05, 4.69) is 0 Å². The molecule has 0 rings (SSSR count). The van der Waals surface area contributed by atoms with Gasteiger partial charge in [0.2, 0.25) is 0 Å². The maximum absolute atomic E-state index is 11.1. The number of hydrogen-bond acceptors (Lipinski definition) is 5. The van der Waals surface area contributed by atoms with Crippen LogP contribution in [-0.2, 0) is 9.47 Å². The predicted octanol–water partition coefficient (Wildman–Crippen LogP) is 1.46. The molecule has 0 aliphatic heterocycles. The molecule has 0 saturated carbocycles. The van der Waals surface area contributed by atoms with Gasteiger partial charge in [-0.3, -0.25) is 0 Å². The number of hydrogen-bond donors (Lipinski definition) is 2. The summed E-state index contributed by atoms with van der Waals surface area (Å²) in [6.45, 7) is 6.49. The van der Waals surface area contributed by atoms with Crippen molar-refractivity contribution < 1.29 is 24.5 Å². The Morgan fingerprint density at radius 3 is 1.56 bits per heavy atom. The smallest absolute Gasteiger partial charge is 0.431 e. The first-order valence-corrected chi connectivity index (χ1v) is 5.47. The molecule has 16 heavy (non-hydrogen) atoms. The summed E-state index contributed by atoms with van der Waals surface area (Å²) in [6, 6.07) is 0. The fourth-order valence-corrected chi connectivity index (χ4v) is 0.675. The lowest BCUT2D eigenvalue weighted by atomic mass is 10.1. The highest BCUT2D eigenvalue weighted by molar-refractivity contribution is 5.59. The topological polar surface area (TPSA) is 76.0 Å². The Morgan fingerprint density at radius 2 is 1.31 bits per heavy atom. The standard InChI is InChI=1S/C11H22O5/c1-5-10(3,13)7-15-9(12)16-8-11(4,14)6-2/h13-14H,5-8H2,1-4H3. The molecule has 0 aliphatic rings. The molecular weight excluding hydrogens is 212 g/mol. The lowest BCUT2D eigenvalue weighted by Crippen LogP contribution is -2.34. The molecule has 5 heteroatoms. The molecule has 2 atom stereocenters. The second kappa shape index (κ2) is 6.06. The van der Waals surface area contributed by atoms with E-state index in [4.69, 9.17) is 9.47 Å². The molecule has 0 radical (unpaired) electrons. The first-order chi connectivity index (χ1) is 7.22. The second-order valence-corrected chi connectivity index (χ2v) is 4.53. The maximum Gasteiger partial charge on any atom is 0.508 e.